The van der Waals surface area contributed by atoms with Crippen molar-refractivity contribution in [1.82, 2.24) is 9.78 Å². The van der Waals surface area contributed by atoms with Crippen molar-refractivity contribution in [2.75, 3.05) is 13.2 Å². The number of rotatable bonds is 3. The summed E-state index contributed by atoms with van der Waals surface area (Å²) < 4.78 is 7.79. The zero-order valence-electron chi connectivity index (χ0n) is 12.4. The van der Waals surface area contributed by atoms with Crippen LogP contribution in [0.4, 0.5) is 0 Å². The Labute approximate surface area is 129 Å². The van der Waals surface area contributed by atoms with Gasteiger partial charge in [-0.05, 0) is 25.0 Å². The second kappa shape index (κ2) is 5.35. The van der Waals surface area contributed by atoms with Crippen molar-refractivity contribution in [1.29, 1.82) is 0 Å². The van der Waals surface area contributed by atoms with Crippen molar-refractivity contribution in [3.63, 3.8) is 0 Å². The van der Waals surface area contributed by atoms with E-state index in [1.54, 1.807) is 0 Å². The lowest BCUT2D eigenvalue weighted by atomic mass is 9.76. The minimum absolute atomic E-state index is 0.127. The van der Waals surface area contributed by atoms with Gasteiger partial charge in [-0.15, -0.1) is 0 Å². The monoisotopic (exact) mass is 305 g/mol. The number of para-hydroxylation sites is 1. The Balaban J connectivity index is 1.92. The molecule has 5 heteroatoms. The van der Waals surface area contributed by atoms with Crippen LogP contribution in [-0.2, 0) is 19.9 Å². The Morgan fingerprint density at radius 2 is 2.19 bits per heavy atom. The van der Waals surface area contributed by atoms with Gasteiger partial charge in [-0.25, -0.2) is 0 Å². The van der Waals surface area contributed by atoms with Gasteiger partial charge in [-0.2, -0.15) is 5.10 Å². The lowest BCUT2D eigenvalue weighted by molar-refractivity contribution is 0.124. The number of aryl methyl sites for hydroxylation is 2. The molecule has 0 aliphatic carbocycles. The molecule has 4 nitrogen and oxygen atoms in total. The molecule has 2 N–H and O–H groups in total. The van der Waals surface area contributed by atoms with Crippen molar-refractivity contribution in [2.24, 2.45) is 18.2 Å². The maximum absolute atomic E-state index is 6.39. The molecule has 2 aromatic rings. The number of nitrogens with two attached hydrogens (primary N) is 1. The van der Waals surface area contributed by atoms with Gasteiger partial charge < -0.3 is 10.5 Å². The van der Waals surface area contributed by atoms with E-state index in [0.29, 0.717) is 13.2 Å². The number of nitrogens with zero attached hydrogens (tertiary/aromatic N) is 2. The Hall–Kier alpha value is -1.52. The number of aromatic nitrogens is 2. The Morgan fingerprint density at radius 1 is 1.43 bits per heavy atom. The van der Waals surface area contributed by atoms with Crippen molar-refractivity contribution in [2.45, 2.75) is 19.8 Å². The molecule has 2 heterocycles. The van der Waals surface area contributed by atoms with E-state index in [1.807, 2.05) is 36.9 Å². The first kappa shape index (κ1) is 14.4. The molecule has 0 fully saturated rings. The van der Waals surface area contributed by atoms with E-state index in [1.165, 1.54) is 5.56 Å². The maximum atomic E-state index is 6.39. The highest BCUT2D eigenvalue weighted by Crippen LogP contribution is 2.37. The van der Waals surface area contributed by atoms with Crippen LogP contribution in [0.1, 0.15) is 17.0 Å². The first-order valence-corrected chi connectivity index (χ1v) is 7.51. The first-order valence-electron chi connectivity index (χ1n) is 7.13. The molecule has 1 aromatic carbocycles. The summed E-state index contributed by atoms with van der Waals surface area (Å²) in [6, 6.07) is 8.15. The smallest absolute Gasteiger partial charge is 0.122 e. The summed E-state index contributed by atoms with van der Waals surface area (Å²) in [7, 11) is 1.93. The van der Waals surface area contributed by atoms with Crippen LogP contribution in [0, 0.1) is 12.3 Å². The van der Waals surface area contributed by atoms with Gasteiger partial charge in [0.05, 0.1) is 23.0 Å². The van der Waals surface area contributed by atoms with Crippen LogP contribution >= 0.6 is 11.6 Å². The summed E-state index contributed by atoms with van der Waals surface area (Å²) in [6.45, 7) is 3.09. The van der Waals surface area contributed by atoms with E-state index in [4.69, 9.17) is 22.1 Å². The molecule has 1 aromatic heterocycles. The lowest BCUT2D eigenvalue weighted by Crippen LogP contribution is -2.43. The summed E-state index contributed by atoms with van der Waals surface area (Å²) in [4.78, 5) is 0. The normalized spacial score (nSPS) is 21.0. The van der Waals surface area contributed by atoms with E-state index in [9.17, 15) is 0 Å². The molecule has 3 rings (SSSR count). The van der Waals surface area contributed by atoms with E-state index in [2.05, 4.69) is 11.2 Å². The second-order valence-electron chi connectivity index (χ2n) is 5.92. The van der Waals surface area contributed by atoms with Crippen LogP contribution in [0.2, 0.25) is 5.02 Å². The molecule has 1 aliphatic rings. The molecule has 0 radical (unpaired) electrons. The van der Waals surface area contributed by atoms with Crippen LogP contribution in [0.25, 0.3) is 0 Å². The first-order chi connectivity index (χ1) is 10.0. The molecule has 1 atom stereocenters. The van der Waals surface area contributed by atoms with Crippen LogP contribution in [0.3, 0.4) is 0 Å². The van der Waals surface area contributed by atoms with Gasteiger partial charge in [-0.3, -0.25) is 4.68 Å². The third-order valence-electron chi connectivity index (χ3n) is 4.31. The zero-order valence-corrected chi connectivity index (χ0v) is 13.2. The van der Waals surface area contributed by atoms with Crippen LogP contribution < -0.4 is 10.5 Å². The van der Waals surface area contributed by atoms with Crippen LogP contribution in [0.5, 0.6) is 5.75 Å². The predicted octanol–water partition coefficient (Wildman–Crippen LogP) is 2.50. The number of benzene rings is 1. The molecule has 0 amide bonds. The van der Waals surface area contributed by atoms with Gasteiger partial charge in [0.15, 0.2) is 0 Å². The third-order valence-corrected chi connectivity index (χ3v) is 4.80. The van der Waals surface area contributed by atoms with Gasteiger partial charge in [-0.1, -0.05) is 29.8 Å². The summed E-state index contributed by atoms with van der Waals surface area (Å²) in [5, 5.41) is 5.13. The lowest BCUT2D eigenvalue weighted by Gasteiger charge is -2.37. The maximum Gasteiger partial charge on any atom is 0.122 e. The Bertz CT molecular complexity index is 668. The quantitative estimate of drug-likeness (QED) is 0.948. The van der Waals surface area contributed by atoms with Gasteiger partial charge in [0.2, 0.25) is 0 Å². The van der Waals surface area contributed by atoms with Gasteiger partial charge in [0.25, 0.3) is 0 Å². The molecule has 1 unspecified atom stereocenters. The van der Waals surface area contributed by atoms with Crippen molar-refractivity contribution in [3.8, 4) is 5.75 Å². The highest BCUT2D eigenvalue weighted by atomic mass is 35.5. The van der Waals surface area contributed by atoms with Crippen molar-refractivity contribution in [3.05, 3.63) is 46.2 Å². The van der Waals surface area contributed by atoms with E-state index >= 15 is 0 Å². The highest BCUT2D eigenvalue weighted by molar-refractivity contribution is 6.31. The van der Waals surface area contributed by atoms with E-state index in [0.717, 1.165) is 35.0 Å². The third kappa shape index (κ3) is 2.54. The molecule has 21 heavy (non-hydrogen) atoms. The van der Waals surface area contributed by atoms with Gasteiger partial charge in [0.1, 0.15) is 5.75 Å². The molecule has 0 saturated carbocycles. The molecular weight excluding hydrogens is 286 g/mol. The van der Waals surface area contributed by atoms with Crippen molar-refractivity contribution < 1.29 is 4.74 Å². The average Bonchev–Trinajstić information content (AvgIpc) is 2.73. The molecular formula is C16H20ClN3O. The molecule has 0 saturated heterocycles. The number of hydrogen-bond acceptors (Lipinski definition) is 3. The summed E-state index contributed by atoms with van der Waals surface area (Å²) >= 11 is 6.39. The summed E-state index contributed by atoms with van der Waals surface area (Å²) in [6.07, 6.45) is 1.67. The Morgan fingerprint density at radius 3 is 2.86 bits per heavy atom. The largest absolute Gasteiger partial charge is 0.493 e. The highest BCUT2D eigenvalue weighted by Gasteiger charge is 2.36. The number of hydrogen-bond donors (Lipinski definition) is 1. The van der Waals surface area contributed by atoms with Crippen LogP contribution in [0.15, 0.2) is 24.3 Å². The molecule has 0 spiro atoms. The van der Waals surface area contributed by atoms with E-state index < -0.39 is 0 Å². The van der Waals surface area contributed by atoms with Gasteiger partial charge >= 0.3 is 0 Å². The van der Waals surface area contributed by atoms with Crippen molar-refractivity contribution >= 4 is 11.6 Å². The molecule has 1 aliphatic heterocycles. The Kier molecular flexibility index (Phi) is 3.68. The van der Waals surface area contributed by atoms with Gasteiger partial charge in [0, 0.05) is 25.4 Å². The fraction of sp³-hybridized carbons (Fsp3) is 0.438. The number of ether oxygens (including phenoxy) is 1. The molecule has 0 bridgehead atoms. The minimum atomic E-state index is -0.127. The summed E-state index contributed by atoms with van der Waals surface area (Å²) in [5.74, 6) is 0.967. The number of halogens is 1. The molecule has 112 valence electrons. The topological polar surface area (TPSA) is 53.1 Å². The average molecular weight is 306 g/mol. The predicted molar refractivity (Wildman–Crippen MR) is 83.8 cm³/mol. The zero-order chi connectivity index (χ0) is 15.0. The van der Waals surface area contributed by atoms with E-state index in [-0.39, 0.29) is 5.41 Å². The fourth-order valence-corrected chi connectivity index (χ4v) is 3.25. The number of fused-ring (bicyclic) bond motifs is 1. The standard InChI is InChI=1S/C16H20ClN3O/c1-11-15(17)13(20(2)19-11)8-16(9-18)7-12-5-3-4-6-14(12)21-10-16/h3-6H,7-10,18H2,1-2H3. The summed E-state index contributed by atoms with van der Waals surface area (Å²) in [5.41, 5.74) is 9.07. The SMILES string of the molecule is Cc1nn(C)c(CC2(CN)COc3ccccc3C2)c1Cl. The second-order valence-corrected chi connectivity index (χ2v) is 6.30. The fourth-order valence-electron chi connectivity index (χ4n) is 3.02. The minimum Gasteiger partial charge on any atom is -0.493 e. The van der Waals surface area contributed by atoms with Crippen LogP contribution in [-0.4, -0.2) is 22.9 Å².